The number of nitrogens with zero attached hydrogens (tertiary/aromatic N) is 1. The van der Waals surface area contributed by atoms with Crippen molar-refractivity contribution in [1.29, 1.82) is 0 Å². The Morgan fingerprint density at radius 3 is 2.89 bits per heavy atom. The standard InChI is InChI=1S/C13H18BrNO3S/c14-8-11-3-1-5-13(7-11)19(17,18)15-6-2-4-12(9-15)10-16/h1,3,5,7,12,16H,2,4,6,8-10H2/t12-/m0/s1. The van der Waals surface area contributed by atoms with Crippen LogP contribution in [-0.2, 0) is 15.4 Å². The average Bonchev–Trinajstić information content (AvgIpc) is 2.47. The van der Waals surface area contributed by atoms with E-state index in [1.165, 1.54) is 4.31 Å². The van der Waals surface area contributed by atoms with Crippen LogP contribution < -0.4 is 0 Å². The number of aliphatic hydroxyl groups is 1. The lowest BCUT2D eigenvalue weighted by molar-refractivity contribution is 0.165. The number of hydrogen-bond donors (Lipinski definition) is 1. The van der Waals surface area contributed by atoms with E-state index in [0.717, 1.165) is 18.4 Å². The minimum atomic E-state index is -3.44. The van der Waals surface area contributed by atoms with Crippen molar-refractivity contribution in [3.63, 3.8) is 0 Å². The Labute approximate surface area is 122 Å². The van der Waals surface area contributed by atoms with Crippen LogP contribution in [0.3, 0.4) is 0 Å². The molecule has 1 aromatic carbocycles. The van der Waals surface area contributed by atoms with Gasteiger partial charge in [0.2, 0.25) is 10.0 Å². The van der Waals surface area contributed by atoms with Gasteiger partial charge in [0.15, 0.2) is 0 Å². The Hall–Kier alpha value is -0.430. The molecule has 1 fully saturated rings. The third-order valence-corrected chi connectivity index (χ3v) is 5.94. The highest BCUT2D eigenvalue weighted by Crippen LogP contribution is 2.24. The summed E-state index contributed by atoms with van der Waals surface area (Å²) in [5, 5.41) is 9.83. The van der Waals surface area contributed by atoms with Crippen molar-refractivity contribution in [1.82, 2.24) is 4.31 Å². The van der Waals surface area contributed by atoms with E-state index < -0.39 is 10.0 Å². The maximum absolute atomic E-state index is 12.5. The molecule has 19 heavy (non-hydrogen) atoms. The largest absolute Gasteiger partial charge is 0.396 e. The highest BCUT2D eigenvalue weighted by Gasteiger charge is 2.29. The smallest absolute Gasteiger partial charge is 0.243 e. The molecule has 1 atom stereocenters. The molecule has 0 spiro atoms. The first-order valence-corrected chi connectivity index (χ1v) is 8.90. The molecule has 6 heteroatoms. The first kappa shape index (κ1) is 15.0. The van der Waals surface area contributed by atoms with Crippen LogP contribution in [0, 0.1) is 5.92 Å². The minimum Gasteiger partial charge on any atom is -0.396 e. The van der Waals surface area contributed by atoms with Crippen LogP contribution in [0.2, 0.25) is 0 Å². The molecule has 0 aliphatic carbocycles. The molecule has 1 aliphatic heterocycles. The molecule has 4 nitrogen and oxygen atoms in total. The molecule has 106 valence electrons. The summed E-state index contributed by atoms with van der Waals surface area (Å²) in [5.41, 5.74) is 0.941. The molecule has 0 aromatic heterocycles. The van der Waals surface area contributed by atoms with E-state index in [4.69, 9.17) is 0 Å². The Kier molecular flexibility index (Phi) is 5.00. The van der Waals surface area contributed by atoms with Gasteiger partial charge in [0, 0.05) is 25.0 Å². The molecule has 1 heterocycles. The zero-order valence-electron chi connectivity index (χ0n) is 10.6. The summed E-state index contributed by atoms with van der Waals surface area (Å²) in [6, 6.07) is 6.98. The van der Waals surface area contributed by atoms with Crippen molar-refractivity contribution in [2.24, 2.45) is 5.92 Å². The van der Waals surface area contributed by atoms with Gasteiger partial charge in [0.1, 0.15) is 0 Å². The van der Waals surface area contributed by atoms with E-state index in [0.29, 0.717) is 23.3 Å². The molecule has 0 radical (unpaired) electrons. The van der Waals surface area contributed by atoms with Crippen molar-refractivity contribution < 1.29 is 13.5 Å². The fourth-order valence-corrected chi connectivity index (χ4v) is 4.31. The molecule has 0 amide bonds. The van der Waals surface area contributed by atoms with Gasteiger partial charge in [-0.15, -0.1) is 0 Å². The zero-order chi connectivity index (χ0) is 13.9. The van der Waals surface area contributed by atoms with Crippen molar-refractivity contribution >= 4 is 26.0 Å². The summed E-state index contributed by atoms with van der Waals surface area (Å²) in [6.07, 6.45) is 1.70. The number of aliphatic hydroxyl groups excluding tert-OH is 1. The number of sulfonamides is 1. The van der Waals surface area contributed by atoms with Crippen molar-refractivity contribution in [3.8, 4) is 0 Å². The van der Waals surface area contributed by atoms with Gasteiger partial charge in [-0.25, -0.2) is 8.42 Å². The van der Waals surface area contributed by atoms with Gasteiger partial charge in [0.25, 0.3) is 0 Å². The summed E-state index contributed by atoms with van der Waals surface area (Å²) in [7, 11) is -3.44. The van der Waals surface area contributed by atoms with E-state index in [-0.39, 0.29) is 12.5 Å². The predicted octanol–water partition coefficient (Wildman–Crippen LogP) is 1.97. The second-order valence-corrected chi connectivity index (χ2v) is 7.33. The number of hydrogen-bond acceptors (Lipinski definition) is 3. The lowest BCUT2D eigenvalue weighted by atomic mass is 10.0. The summed E-state index contributed by atoms with van der Waals surface area (Å²) in [4.78, 5) is 0.336. The third-order valence-electron chi connectivity index (χ3n) is 3.43. The molecule has 0 unspecified atom stereocenters. The van der Waals surface area contributed by atoms with Crippen LogP contribution in [0.15, 0.2) is 29.2 Å². The van der Waals surface area contributed by atoms with Crippen LogP contribution >= 0.6 is 15.9 Å². The first-order chi connectivity index (χ1) is 9.07. The van der Waals surface area contributed by atoms with Crippen LogP contribution in [0.5, 0.6) is 0 Å². The maximum Gasteiger partial charge on any atom is 0.243 e. The van der Waals surface area contributed by atoms with Crippen molar-refractivity contribution in [2.45, 2.75) is 23.1 Å². The topological polar surface area (TPSA) is 57.6 Å². The number of halogens is 1. The summed E-state index contributed by atoms with van der Waals surface area (Å²) in [6.45, 7) is 1.00. The van der Waals surface area contributed by atoms with Gasteiger partial charge in [-0.3, -0.25) is 0 Å². The molecule has 1 aliphatic rings. The summed E-state index contributed by atoms with van der Waals surface area (Å²) < 4.78 is 26.6. The number of alkyl halides is 1. The quantitative estimate of drug-likeness (QED) is 0.847. The lowest BCUT2D eigenvalue weighted by Gasteiger charge is -2.31. The third kappa shape index (κ3) is 3.37. The van der Waals surface area contributed by atoms with E-state index in [1.54, 1.807) is 18.2 Å². The van der Waals surface area contributed by atoms with E-state index in [2.05, 4.69) is 15.9 Å². The fourth-order valence-electron chi connectivity index (χ4n) is 2.33. The van der Waals surface area contributed by atoms with Gasteiger partial charge in [-0.1, -0.05) is 28.1 Å². The summed E-state index contributed by atoms with van der Waals surface area (Å²) in [5.74, 6) is 0.0582. The maximum atomic E-state index is 12.5. The molecule has 1 N–H and O–H groups in total. The van der Waals surface area contributed by atoms with Crippen LogP contribution in [0.1, 0.15) is 18.4 Å². The monoisotopic (exact) mass is 347 g/mol. The lowest BCUT2D eigenvalue weighted by Crippen LogP contribution is -2.40. The molecule has 0 bridgehead atoms. The first-order valence-electron chi connectivity index (χ1n) is 6.34. The van der Waals surface area contributed by atoms with Crippen molar-refractivity contribution in [2.75, 3.05) is 19.7 Å². The van der Waals surface area contributed by atoms with Crippen molar-refractivity contribution in [3.05, 3.63) is 29.8 Å². The van der Waals surface area contributed by atoms with Crippen LogP contribution in [0.4, 0.5) is 0 Å². The Morgan fingerprint density at radius 1 is 1.42 bits per heavy atom. The van der Waals surface area contributed by atoms with Gasteiger partial charge in [-0.2, -0.15) is 4.31 Å². The molecule has 2 rings (SSSR count). The highest BCUT2D eigenvalue weighted by atomic mass is 79.9. The molecule has 0 saturated carbocycles. The molecule has 1 saturated heterocycles. The van der Waals surface area contributed by atoms with E-state index >= 15 is 0 Å². The number of rotatable bonds is 4. The number of piperidine rings is 1. The van der Waals surface area contributed by atoms with Gasteiger partial charge < -0.3 is 5.11 Å². The second kappa shape index (κ2) is 6.35. The zero-order valence-corrected chi connectivity index (χ0v) is 13.0. The summed E-state index contributed by atoms with van der Waals surface area (Å²) >= 11 is 3.33. The SMILES string of the molecule is O=S(=O)(c1cccc(CBr)c1)N1CCC[C@H](CO)C1. The predicted molar refractivity (Wildman–Crippen MR) is 77.6 cm³/mol. The highest BCUT2D eigenvalue weighted by molar-refractivity contribution is 9.08. The molecular weight excluding hydrogens is 330 g/mol. The van der Waals surface area contributed by atoms with Crippen LogP contribution in [-0.4, -0.2) is 37.5 Å². The van der Waals surface area contributed by atoms with Crippen LogP contribution in [0.25, 0.3) is 0 Å². The van der Waals surface area contributed by atoms with Gasteiger partial charge in [0.05, 0.1) is 4.90 Å². The fraction of sp³-hybridized carbons (Fsp3) is 0.538. The second-order valence-electron chi connectivity index (χ2n) is 4.83. The average molecular weight is 348 g/mol. The normalized spacial score (nSPS) is 21.5. The Morgan fingerprint density at radius 2 is 2.21 bits per heavy atom. The number of benzene rings is 1. The molecular formula is C13H18BrNO3S. The van der Waals surface area contributed by atoms with E-state index in [9.17, 15) is 13.5 Å². The molecule has 1 aromatic rings. The van der Waals surface area contributed by atoms with Gasteiger partial charge >= 0.3 is 0 Å². The van der Waals surface area contributed by atoms with E-state index in [1.807, 2.05) is 6.07 Å². The minimum absolute atomic E-state index is 0.0491. The Bertz CT molecular complexity index is 532. The van der Waals surface area contributed by atoms with Gasteiger partial charge in [-0.05, 0) is 36.5 Å². The Balaban J connectivity index is 2.25.